The van der Waals surface area contributed by atoms with Crippen LogP contribution in [0.5, 0.6) is 0 Å². The van der Waals surface area contributed by atoms with Gasteiger partial charge in [0.15, 0.2) is 0 Å². The maximum Gasteiger partial charge on any atom is 0.335 e. The first-order valence-corrected chi connectivity index (χ1v) is 7.37. The summed E-state index contributed by atoms with van der Waals surface area (Å²) in [6.45, 7) is 10.5. The van der Waals surface area contributed by atoms with Gasteiger partial charge in [0.2, 0.25) is 0 Å². The zero-order valence-corrected chi connectivity index (χ0v) is 13.6. The molecule has 4 heteroatoms. The second-order valence-corrected chi connectivity index (χ2v) is 6.61. The molecule has 0 aliphatic carbocycles. The lowest BCUT2D eigenvalue weighted by Gasteiger charge is -2.29. The lowest BCUT2D eigenvalue weighted by molar-refractivity contribution is 0.0697. The van der Waals surface area contributed by atoms with Crippen LogP contribution in [-0.4, -0.2) is 24.2 Å². The molecule has 0 aliphatic heterocycles. The van der Waals surface area contributed by atoms with E-state index in [9.17, 15) is 4.79 Å². The largest absolute Gasteiger partial charge is 0.478 e. The van der Waals surface area contributed by atoms with E-state index in [0.29, 0.717) is 17.4 Å². The van der Waals surface area contributed by atoms with Crippen molar-refractivity contribution < 1.29 is 9.90 Å². The molecular formula is C15H22BrNO2. The molecule has 0 heterocycles. The molecule has 1 aromatic rings. The van der Waals surface area contributed by atoms with Crippen molar-refractivity contribution in [1.29, 1.82) is 0 Å². The number of halogens is 1. The lowest BCUT2D eigenvalue weighted by Crippen LogP contribution is -2.31. The van der Waals surface area contributed by atoms with Crippen molar-refractivity contribution in [3.63, 3.8) is 0 Å². The summed E-state index contributed by atoms with van der Waals surface area (Å²) in [4.78, 5) is 13.4. The molecule has 1 N–H and O–H groups in total. The molecule has 0 aromatic heterocycles. The standard InChI is InChI=1S/C15H22BrNO2/c1-10(2)8-17(9-11(3)4)14-6-12(15(18)19)5-13(16)7-14/h5-7,10-11H,8-9H2,1-4H3,(H,18,19). The third-order valence-electron chi connectivity index (χ3n) is 2.67. The first-order chi connectivity index (χ1) is 8.79. The SMILES string of the molecule is CC(C)CN(CC(C)C)c1cc(Br)cc(C(=O)O)c1. The van der Waals surface area contributed by atoms with Gasteiger partial charge < -0.3 is 10.0 Å². The molecule has 0 aliphatic rings. The highest BCUT2D eigenvalue weighted by molar-refractivity contribution is 9.10. The zero-order valence-electron chi connectivity index (χ0n) is 12.0. The Kier molecular flexibility index (Phi) is 5.85. The Balaban J connectivity index is 3.09. The fraction of sp³-hybridized carbons (Fsp3) is 0.533. The van der Waals surface area contributed by atoms with Crippen LogP contribution in [-0.2, 0) is 0 Å². The van der Waals surface area contributed by atoms with Gasteiger partial charge in [0, 0.05) is 23.2 Å². The number of carboxylic acids is 1. The highest BCUT2D eigenvalue weighted by Gasteiger charge is 2.14. The van der Waals surface area contributed by atoms with Crippen molar-refractivity contribution >= 4 is 27.6 Å². The maximum absolute atomic E-state index is 11.1. The molecule has 3 nitrogen and oxygen atoms in total. The van der Waals surface area contributed by atoms with Crippen molar-refractivity contribution in [3.05, 3.63) is 28.2 Å². The Morgan fingerprint density at radius 3 is 2.11 bits per heavy atom. The molecule has 106 valence electrons. The fourth-order valence-corrected chi connectivity index (χ4v) is 2.53. The predicted molar refractivity (Wildman–Crippen MR) is 83.0 cm³/mol. The van der Waals surface area contributed by atoms with Crippen LogP contribution in [0.25, 0.3) is 0 Å². The van der Waals surface area contributed by atoms with Gasteiger partial charge >= 0.3 is 5.97 Å². The minimum atomic E-state index is -0.892. The van der Waals surface area contributed by atoms with Crippen LogP contribution in [0.2, 0.25) is 0 Å². The van der Waals surface area contributed by atoms with Crippen molar-refractivity contribution in [2.45, 2.75) is 27.7 Å². The molecule has 0 atom stereocenters. The van der Waals surface area contributed by atoms with Crippen LogP contribution >= 0.6 is 15.9 Å². The number of rotatable bonds is 6. The van der Waals surface area contributed by atoms with E-state index in [0.717, 1.165) is 23.2 Å². The molecule has 0 saturated carbocycles. The molecule has 19 heavy (non-hydrogen) atoms. The highest BCUT2D eigenvalue weighted by Crippen LogP contribution is 2.24. The van der Waals surface area contributed by atoms with E-state index >= 15 is 0 Å². The summed E-state index contributed by atoms with van der Waals surface area (Å²) in [5.41, 5.74) is 1.29. The number of carbonyl (C=O) groups is 1. The van der Waals surface area contributed by atoms with Crippen LogP contribution in [0.15, 0.2) is 22.7 Å². The monoisotopic (exact) mass is 327 g/mol. The van der Waals surface area contributed by atoms with Gasteiger partial charge in [-0.1, -0.05) is 43.6 Å². The summed E-state index contributed by atoms with van der Waals surface area (Å²) in [6.07, 6.45) is 0. The number of carboxylic acid groups (broad SMARTS) is 1. The molecule has 1 aromatic carbocycles. The number of hydrogen-bond acceptors (Lipinski definition) is 2. The van der Waals surface area contributed by atoms with Crippen molar-refractivity contribution in [2.24, 2.45) is 11.8 Å². The summed E-state index contributed by atoms with van der Waals surface area (Å²) >= 11 is 3.39. The van der Waals surface area contributed by atoms with Gasteiger partial charge in [-0.15, -0.1) is 0 Å². The summed E-state index contributed by atoms with van der Waals surface area (Å²) < 4.78 is 0.805. The van der Waals surface area contributed by atoms with Crippen LogP contribution in [0.1, 0.15) is 38.1 Å². The van der Waals surface area contributed by atoms with Crippen LogP contribution in [0.4, 0.5) is 5.69 Å². The third-order valence-corrected chi connectivity index (χ3v) is 3.12. The number of anilines is 1. The van der Waals surface area contributed by atoms with Gasteiger partial charge in [0.25, 0.3) is 0 Å². The summed E-state index contributed by atoms with van der Waals surface area (Å²) in [6, 6.07) is 5.36. The predicted octanol–water partition coefficient (Wildman–Crippen LogP) is 4.27. The Bertz CT molecular complexity index is 434. The van der Waals surface area contributed by atoms with E-state index in [1.165, 1.54) is 0 Å². The smallest absolute Gasteiger partial charge is 0.335 e. The van der Waals surface area contributed by atoms with E-state index in [-0.39, 0.29) is 0 Å². The van der Waals surface area contributed by atoms with Crippen LogP contribution in [0.3, 0.4) is 0 Å². The van der Waals surface area contributed by atoms with Gasteiger partial charge in [-0.2, -0.15) is 0 Å². The molecule has 0 bridgehead atoms. The highest BCUT2D eigenvalue weighted by atomic mass is 79.9. The van der Waals surface area contributed by atoms with E-state index in [1.54, 1.807) is 12.1 Å². The molecule has 1 rings (SSSR count). The normalized spacial score (nSPS) is 11.1. The molecule has 0 fully saturated rings. The summed E-state index contributed by atoms with van der Waals surface area (Å²) in [5, 5.41) is 9.14. The van der Waals surface area contributed by atoms with E-state index in [2.05, 4.69) is 48.5 Å². The Morgan fingerprint density at radius 2 is 1.68 bits per heavy atom. The Hall–Kier alpha value is -1.03. The molecule has 0 radical (unpaired) electrons. The lowest BCUT2D eigenvalue weighted by atomic mass is 10.1. The van der Waals surface area contributed by atoms with E-state index in [1.807, 2.05) is 6.07 Å². The second-order valence-electron chi connectivity index (χ2n) is 5.70. The van der Waals surface area contributed by atoms with Gasteiger partial charge in [-0.25, -0.2) is 4.79 Å². The average Bonchev–Trinajstić information content (AvgIpc) is 2.25. The van der Waals surface area contributed by atoms with Gasteiger partial charge in [-0.05, 0) is 30.0 Å². The molecule has 0 unspecified atom stereocenters. The Morgan fingerprint density at radius 1 is 1.16 bits per heavy atom. The quantitative estimate of drug-likeness (QED) is 0.848. The third kappa shape index (κ3) is 5.23. The fourth-order valence-electron chi connectivity index (χ4n) is 2.05. The van der Waals surface area contributed by atoms with Crippen LogP contribution < -0.4 is 4.90 Å². The van der Waals surface area contributed by atoms with E-state index < -0.39 is 5.97 Å². The van der Waals surface area contributed by atoms with Gasteiger partial charge in [0.1, 0.15) is 0 Å². The second kappa shape index (κ2) is 6.94. The topological polar surface area (TPSA) is 40.5 Å². The number of aromatic carboxylic acids is 1. The number of hydrogen-bond donors (Lipinski definition) is 1. The molecule has 0 saturated heterocycles. The summed E-state index contributed by atoms with van der Waals surface area (Å²) in [7, 11) is 0. The van der Waals surface area contributed by atoms with Gasteiger partial charge in [-0.3, -0.25) is 0 Å². The molecule has 0 amide bonds. The maximum atomic E-state index is 11.1. The first-order valence-electron chi connectivity index (χ1n) is 6.58. The van der Waals surface area contributed by atoms with Crippen molar-refractivity contribution in [3.8, 4) is 0 Å². The average molecular weight is 328 g/mol. The molecular weight excluding hydrogens is 306 g/mol. The zero-order chi connectivity index (χ0) is 14.6. The molecule has 0 spiro atoms. The van der Waals surface area contributed by atoms with Crippen molar-refractivity contribution in [1.82, 2.24) is 0 Å². The number of nitrogens with zero attached hydrogens (tertiary/aromatic N) is 1. The minimum absolute atomic E-state index is 0.321. The van der Waals surface area contributed by atoms with E-state index in [4.69, 9.17) is 5.11 Å². The van der Waals surface area contributed by atoms with Crippen molar-refractivity contribution in [2.75, 3.05) is 18.0 Å². The number of benzene rings is 1. The minimum Gasteiger partial charge on any atom is -0.478 e. The van der Waals surface area contributed by atoms with Crippen LogP contribution in [0, 0.1) is 11.8 Å². The van der Waals surface area contributed by atoms with Gasteiger partial charge in [0.05, 0.1) is 5.56 Å². The first kappa shape index (κ1) is 16.0. The Labute approximate surface area is 123 Å². The summed E-state index contributed by atoms with van der Waals surface area (Å²) in [5.74, 6) is 0.175.